The first-order valence-electron chi connectivity index (χ1n) is 42.2. The SMILES string of the molecule is CCC(C)CCCCCCCCCCCCCCCCCCCCC(=O)OC[C@H](COP(=O)(O)OCC(O)COP(=O)(O)OC[C@@H](COC(=O)CCCCCCCCCC(C)C)OC(=O)CCCCCCCCCC(C)C)OC(=O)CCCCCCCCCCCCCCCCCCC(C)C. The molecule has 19 heteroatoms. The van der Waals surface area contributed by atoms with Gasteiger partial charge in [-0.05, 0) is 49.4 Å². The summed E-state index contributed by atoms with van der Waals surface area (Å²) < 4.78 is 68.6. The van der Waals surface area contributed by atoms with Gasteiger partial charge in [0, 0.05) is 25.7 Å². The van der Waals surface area contributed by atoms with Crippen LogP contribution in [0.25, 0.3) is 0 Å². The molecule has 6 atom stereocenters. The van der Waals surface area contributed by atoms with Crippen LogP contribution >= 0.6 is 15.6 Å². The molecular weight excluding hydrogens is 1320 g/mol. The van der Waals surface area contributed by atoms with Crippen LogP contribution in [0.4, 0.5) is 0 Å². The monoisotopic (exact) mass is 1480 g/mol. The molecule has 101 heavy (non-hydrogen) atoms. The van der Waals surface area contributed by atoms with Crippen LogP contribution in [0.5, 0.6) is 0 Å². The molecule has 0 saturated heterocycles. The van der Waals surface area contributed by atoms with Crippen LogP contribution < -0.4 is 0 Å². The van der Waals surface area contributed by atoms with Crippen molar-refractivity contribution in [3.63, 3.8) is 0 Å². The zero-order chi connectivity index (χ0) is 74.6. The van der Waals surface area contributed by atoms with E-state index in [0.717, 1.165) is 108 Å². The highest BCUT2D eigenvalue weighted by Gasteiger charge is 2.30. The summed E-state index contributed by atoms with van der Waals surface area (Å²) in [6.45, 7) is 14.2. The molecule has 0 radical (unpaired) electrons. The molecule has 4 unspecified atom stereocenters. The van der Waals surface area contributed by atoms with Gasteiger partial charge in [-0.2, -0.15) is 0 Å². The number of hydrogen-bond acceptors (Lipinski definition) is 15. The second-order valence-corrected chi connectivity index (χ2v) is 34.1. The summed E-state index contributed by atoms with van der Waals surface area (Å²) in [6, 6.07) is 0. The Morgan fingerprint density at radius 1 is 0.277 bits per heavy atom. The Bertz CT molecular complexity index is 1970. The van der Waals surface area contributed by atoms with Gasteiger partial charge in [0.05, 0.1) is 26.4 Å². The Morgan fingerprint density at radius 3 is 0.703 bits per heavy atom. The van der Waals surface area contributed by atoms with Crippen molar-refractivity contribution in [3.05, 3.63) is 0 Å². The maximum atomic E-state index is 13.1. The van der Waals surface area contributed by atoms with Gasteiger partial charge in [-0.1, -0.05) is 370 Å². The van der Waals surface area contributed by atoms with Crippen molar-refractivity contribution in [2.45, 2.75) is 440 Å². The molecule has 0 bridgehead atoms. The van der Waals surface area contributed by atoms with E-state index >= 15 is 0 Å². The Morgan fingerprint density at radius 2 is 0.475 bits per heavy atom. The molecule has 0 aliphatic carbocycles. The second-order valence-electron chi connectivity index (χ2n) is 31.2. The smallest absolute Gasteiger partial charge is 0.462 e. The topological polar surface area (TPSA) is 237 Å². The summed E-state index contributed by atoms with van der Waals surface area (Å²) >= 11 is 0. The van der Waals surface area contributed by atoms with E-state index in [1.165, 1.54) is 218 Å². The summed E-state index contributed by atoms with van der Waals surface area (Å²) in [4.78, 5) is 72.9. The van der Waals surface area contributed by atoms with Gasteiger partial charge in [0.25, 0.3) is 0 Å². The molecule has 0 saturated carbocycles. The van der Waals surface area contributed by atoms with E-state index in [0.29, 0.717) is 37.5 Å². The minimum absolute atomic E-state index is 0.103. The van der Waals surface area contributed by atoms with Crippen LogP contribution in [-0.2, 0) is 65.4 Å². The average Bonchev–Trinajstić information content (AvgIpc) is 0.942. The van der Waals surface area contributed by atoms with Gasteiger partial charge in [-0.25, -0.2) is 9.13 Å². The number of aliphatic hydroxyl groups is 1. The fourth-order valence-electron chi connectivity index (χ4n) is 12.6. The summed E-state index contributed by atoms with van der Waals surface area (Å²) in [5, 5.41) is 10.6. The van der Waals surface area contributed by atoms with Crippen molar-refractivity contribution in [1.82, 2.24) is 0 Å². The third kappa shape index (κ3) is 74.7. The zero-order valence-electron chi connectivity index (χ0n) is 66.5. The number of phosphoric ester groups is 2. The molecule has 0 rings (SSSR count). The van der Waals surface area contributed by atoms with Gasteiger partial charge in [0.2, 0.25) is 0 Å². The van der Waals surface area contributed by atoms with Gasteiger partial charge >= 0.3 is 39.5 Å². The van der Waals surface area contributed by atoms with E-state index in [2.05, 4.69) is 55.4 Å². The number of carbonyl (C=O) groups is 4. The average molecular weight is 1480 g/mol. The number of ether oxygens (including phenoxy) is 4. The second kappa shape index (κ2) is 71.0. The maximum Gasteiger partial charge on any atom is 0.472 e. The number of carbonyl (C=O) groups excluding carboxylic acids is 4. The lowest BCUT2D eigenvalue weighted by molar-refractivity contribution is -0.161. The van der Waals surface area contributed by atoms with Crippen molar-refractivity contribution in [2.24, 2.45) is 23.7 Å². The van der Waals surface area contributed by atoms with Crippen LogP contribution in [0.2, 0.25) is 0 Å². The van der Waals surface area contributed by atoms with Crippen molar-refractivity contribution in [3.8, 4) is 0 Å². The van der Waals surface area contributed by atoms with E-state index in [1.54, 1.807) is 0 Å². The first kappa shape index (κ1) is 99.1. The lowest BCUT2D eigenvalue weighted by Gasteiger charge is -2.21. The van der Waals surface area contributed by atoms with Crippen molar-refractivity contribution < 1.29 is 80.2 Å². The van der Waals surface area contributed by atoms with Gasteiger partial charge in [-0.15, -0.1) is 0 Å². The van der Waals surface area contributed by atoms with Gasteiger partial charge in [-0.3, -0.25) is 37.3 Å². The normalized spacial score (nSPS) is 14.3. The zero-order valence-corrected chi connectivity index (χ0v) is 68.3. The summed E-state index contributed by atoms with van der Waals surface area (Å²) in [7, 11) is -9.92. The highest BCUT2D eigenvalue weighted by atomic mass is 31.2. The lowest BCUT2D eigenvalue weighted by Crippen LogP contribution is -2.30. The molecule has 0 aliphatic heterocycles. The molecule has 17 nitrogen and oxygen atoms in total. The fourth-order valence-corrected chi connectivity index (χ4v) is 14.2. The molecule has 0 amide bonds. The lowest BCUT2D eigenvalue weighted by atomic mass is 9.99. The number of unbranched alkanes of at least 4 members (excludes halogenated alkanes) is 44. The first-order valence-corrected chi connectivity index (χ1v) is 45.2. The first-order chi connectivity index (χ1) is 48.6. The Kier molecular flexibility index (Phi) is 69.6. The van der Waals surface area contributed by atoms with Crippen LogP contribution in [0.15, 0.2) is 0 Å². The fraction of sp³-hybridized carbons (Fsp3) is 0.951. The number of rotatable bonds is 79. The molecule has 0 spiro atoms. The largest absolute Gasteiger partial charge is 0.472 e. The van der Waals surface area contributed by atoms with Gasteiger partial charge in [0.15, 0.2) is 12.2 Å². The molecule has 0 aromatic heterocycles. The highest BCUT2D eigenvalue weighted by molar-refractivity contribution is 7.47. The molecule has 600 valence electrons. The summed E-state index contributed by atoms with van der Waals surface area (Å²) in [5.41, 5.74) is 0. The van der Waals surface area contributed by atoms with Crippen LogP contribution in [0, 0.1) is 23.7 Å². The van der Waals surface area contributed by atoms with Crippen molar-refractivity contribution >= 4 is 39.5 Å². The predicted molar refractivity (Wildman–Crippen MR) is 414 cm³/mol. The van der Waals surface area contributed by atoms with E-state index in [1.807, 2.05) is 0 Å². The minimum atomic E-state index is -4.96. The molecular formula is C82H160O17P2. The quantitative estimate of drug-likeness (QED) is 0.0222. The van der Waals surface area contributed by atoms with E-state index < -0.39 is 97.5 Å². The van der Waals surface area contributed by atoms with Crippen LogP contribution in [0.1, 0.15) is 421 Å². The summed E-state index contributed by atoms with van der Waals surface area (Å²) in [5.74, 6) is 0.966. The van der Waals surface area contributed by atoms with E-state index in [-0.39, 0.29) is 25.7 Å². The Balaban J connectivity index is 5.18. The maximum absolute atomic E-state index is 13.1. The molecule has 0 aliphatic rings. The molecule has 0 heterocycles. The molecule has 0 fully saturated rings. The van der Waals surface area contributed by atoms with Crippen LogP contribution in [0.3, 0.4) is 0 Å². The Labute approximate surface area is 619 Å². The third-order valence-electron chi connectivity index (χ3n) is 19.4. The van der Waals surface area contributed by atoms with Crippen molar-refractivity contribution in [1.29, 1.82) is 0 Å². The Hall–Kier alpha value is -1.94. The van der Waals surface area contributed by atoms with Gasteiger partial charge in [0.1, 0.15) is 19.3 Å². The van der Waals surface area contributed by atoms with Crippen LogP contribution in [-0.4, -0.2) is 96.7 Å². The number of phosphoric acid groups is 2. The number of hydrogen-bond donors (Lipinski definition) is 3. The van der Waals surface area contributed by atoms with E-state index in [9.17, 15) is 43.2 Å². The highest BCUT2D eigenvalue weighted by Crippen LogP contribution is 2.45. The van der Waals surface area contributed by atoms with E-state index in [4.69, 9.17) is 37.0 Å². The standard InChI is InChI=1S/C82H160O17P2/c1-9-75(8)61-53-45-37-29-25-21-17-12-10-11-13-18-22-26-30-38-46-54-62-79(84)92-68-77(98-81(86)64-56-48-39-31-27-23-19-15-14-16-20-24-28-34-42-50-58-72(2)3)70-96-100(88,89)94-66-76(83)67-95-101(90,91)97-71-78(99-82(87)65-57-49-41-33-36-44-52-60-74(6)7)69-93-80(85)63-55-47-40-32-35-43-51-59-73(4)5/h72-78,83H,9-71H2,1-8H3,(H,88,89)(H,90,91)/t75?,76?,77-,78-/m1/s1. The number of esters is 4. The summed E-state index contributed by atoms with van der Waals surface area (Å²) in [6.07, 6.45) is 58.6. The predicted octanol–water partition coefficient (Wildman–Crippen LogP) is 24.4. The molecule has 0 aromatic rings. The third-order valence-corrected chi connectivity index (χ3v) is 21.3. The number of aliphatic hydroxyl groups excluding tert-OH is 1. The minimum Gasteiger partial charge on any atom is -0.462 e. The molecule has 0 aromatic carbocycles. The molecule has 3 N–H and O–H groups in total. The van der Waals surface area contributed by atoms with Crippen molar-refractivity contribution in [2.75, 3.05) is 39.6 Å². The van der Waals surface area contributed by atoms with Gasteiger partial charge < -0.3 is 33.8 Å².